The third kappa shape index (κ3) is 7.43. The standard InChI is InChI=1S/C22H48O3Si2/c1-10-17-20(23)22(8,9)21(25-27(14-5,15-6)16-7)18-19-24-26(11-2,12-3)13-4/h10,20-21,23H,1,11-19H2,2-9H3/t20-,21+/m1/s1. The van der Waals surface area contributed by atoms with E-state index in [-0.39, 0.29) is 11.5 Å². The Balaban J connectivity index is 5.44. The van der Waals surface area contributed by atoms with Crippen LogP contribution in [0.2, 0.25) is 36.3 Å². The number of aliphatic hydroxyl groups is 1. The molecule has 0 radical (unpaired) electrons. The summed E-state index contributed by atoms with van der Waals surface area (Å²) >= 11 is 0. The van der Waals surface area contributed by atoms with Gasteiger partial charge in [0, 0.05) is 12.0 Å². The molecule has 0 unspecified atom stereocenters. The minimum atomic E-state index is -1.76. The van der Waals surface area contributed by atoms with Gasteiger partial charge in [0.2, 0.25) is 0 Å². The molecule has 162 valence electrons. The Bertz CT molecular complexity index is 388. The van der Waals surface area contributed by atoms with Gasteiger partial charge in [0.05, 0.1) is 12.2 Å². The molecule has 0 amide bonds. The van der Waals surface area contributed by atoms with Crippen LogP contribution in [0, 0.1) is 5.41 Å². The van der Waals surface area contributed by atoms with Crippen molar-refractivity contribution in [3.05, 3.63) is 12.7 Å². The number of hydrogen-bond donors (Lipinski definition) is 1. The van der Waals surface area contributed by atoms with Crippen molar-refractivity contribution in [2.45, 2.75) is 117 Å². The highest BCUT2D eigenvalue weighted by molar-refractivity contribution is 6.74. The fourth-order valence-electron chi connectivity index (χ4n) is 4.00. The Hall–Kier alpha value is 0.0538. The molecular formula is C22H48O3Si2. The van der Waals surface area contributed by atoms with Gasteiger partial charge in [-0.3, -0.25) is 0 Å². The van der Waals surface area contributed by atoms with E-state index in [4.69, 9.17) is 8.85 Å². The molecule has 2 atom stereocenters. The number of hydrogen-bond acceptors (Lipinski definition) is 3. The molecule has 5 heteroatoms. The normalized spacial score (nSPS) is 15.6. The van der Waals surface area contributed by atoms with Crippen molar-refractivity contribution >= 4 is 16.6 Å². The van der Waals surface area contributed by atoms with Crippen LogP contribution < -0.4 is 0 Å². The SMILES string of the molecule is C=CC[C@@H](O)C(C)(C)[C@H](CCO[Si](CC)(CC)CC)O[Si](CC)(CC)CC. The first-order valence-corrected chi connectivity index (χ1v) is 16.3. The van der Waals surface area contributed by atoms with Crippen molar-refractivity contribution in [3.63, 3.8) is 0 Å². The quantitative estimate of drug-likeness (QED) is 0.223. The third-order valence-electron chi connectivity index (χ3n) is 7.13. The molecule has 0 bridgehead atoms. The topological polar surface area (TPSA) is 38.7 Å². The lowest BCUT2D eigenvalue weighted by Gasteiger charge is -2.44. The predicted octanol–water partition coefficient (Wildman–Crippen LogP) is 6.75. The molecule has 0 aromatic carbocycles. The van der Waals surface area contributed by atoms with E-state index >= 15 is 0 Å². The molecule has 0 aliphatic carbocycles. The Morgan fingerprint density at radius 2 is 1.33 bits per heavy atom. The summed E-state index contributed by atoms with van der Waals surface area (Å²) in [7, 11) is -3.35. The smallest absolute Gasteiger partial charge is 0.192 e. The van der Waals surface area contributed by atoms with E-state index < -0.39 is 22.7 Å². The molecule has 0 aromatic rings. The van der Waals surface area contributed by atoms with E-state index in [1.807, 2.05) is 6.08 Å². The molecule has 0 rings (SSSR count). The zero-order chi connectivity index (χ0) is 21.1. The molecule has 0 aliphatic rings. The monoisotopic (exact) mass is 416 g/mol. The van der Waals surface area contributed by atoms with Crippen molar-refractivity contribution in [1.29, 1.82) is 0 Å². The lowest BCUT2D eigenvalue weighted by Crippen LogP contribution is -2.50. The number of rotatable bonds is 16. The Morgan fingerprint density at radius 3 is 1.70 bits per heavy atom. The second-order valence-electron chi connectivity index (χ2n) is 8.59. The van der Waals surface area contributed by atoms with Gasteiger partial charge in [-0.25, -0.2) is 0 Å². The largest absolute Gasteiger partial charge is 0.417 e. The van der Waals surface area contributed by atoms with Crippen molar-refractivity contribution in [3.8, 4) is 0 Å². The van der Waals surface area contributed by atoms with Crippen LogP contribution in [-0.2, 0) is 8.85 Å². The summed E-state index contributed by atoms with van der Waals surface area (Å²) in [6, 6.07) is 6.90. The van der Waals surface area contributed by atoms with Gasteiger partial charge in [0.25, 0.3) is 0 Å². The molecule has 0 saturated carbocycles. The first kappa shape index (κ1) is 27.1. The van der Waals surface area contributed by atoms with E-state index in [0.717, 1.165) is 31.2 Å². The second-order valence-corrected chi connectivity index (χ2v) is 18.1. The van der Waals surface area contributed by atoms with Crippen LogP contribution in [0.25, 0.3) is 0 Å². The minimum absolute atomic E-state index is 0.0243. The Kier molecular flexibility index (Phi) is 12.6. The fraction of sp³-hybridized carbons (Fsp3) is 0.909. The van der Waals surface area contributed by atoms with Gasteiger partial charge in [-0.15, -0.1) is 6.58 Å². The molecule has 0 spiro atoms. The summed E-state index contributed by atoms with van der Waals surface area (Å²) in [6.45, 7) is 22.5. The Morgan fingerprint density at radius 1 is 0.889 bits per heavy atom. The molecule has 27 heavy (non-hydrogen) atoms. The summed E-state index contributed by atoms with van der Waals surface area (Å²) in [5, 5.41) is 10.8. The molecule has 3 nitrogen and oxygen atoms in total. The lowest BCUT2D eigenvalue weighted by atomic mass is 9.78. The van der Waals surface area contributed by atoms with E-state index in [1.165, 1.54) is 18.1 Å². The van der Waals surface area contributed by atoms with Crippen LogP contribution >= 0.6 is 0 Å². The fourth-order valence-corrected chi connectivity index (χ4v) is 9.69. The van der Waals surface area contributed by atoms with Crippen molar-refractivity contribution in [1.82, 2.24) is 0 Å². The Labute approximate surface area is 172 Å². The van der Waals surface area contributed by atoms with Crippen LogP contribution in [0.3, 0.4) is 0 Å². The molecule has 0 heterocycles. The van der Waals surface area contributed by atoms with Crippen LogP contribution in [0.15, 0.2) is 12.7 Å². The van der Waals surface area contributed by atoms with Crippen molar-refractivity contribution in [2.24, 2.45) is 5.41 Å². The van der Waals surface area contributed by atoms with Gasteiger partial charge in [0.15, 0.2) is 16.6 Å². The van der Waals surface area contributed by atoms with E-state index in [0.29, 0.717) is 6.42 Å². The van der Waals surface area contributed by atoms with E-state index in [9.17, 15) is 5.11 Å². The minimum Gasteiger partial charge on any atom is -0.417 e. The molecule has 0 aromatic heterocycles. The summed E-state index contributed by atoms with van der Waals surface area (Å²) in [6.07, 6.45) is 2.86. The van der Waals surface area contributed by atoms with Gasteiger partial charge in [0.1, 0.15) is 0 Å². The molecule has 0 saturated heterocycles. The maximum absolute atomic E-state index is 10.8. The van der Waals surface area contributed by atoms with Gasteiger partial charge in [-0.2, -0.15) is 0 Å². The molecule has 0 aliphatic heterocycles. The molecule has 0 fully saturated rings. The maximum atomic E-state index is 10.8. The zero-order valence-electron chi connectivity index (χ0n) is 19.6. The highest BCUT2D eigenvalue weighted by atomic mass is 28.4. The third-order valence-corrected chi connectivity index (χ3v) is 16.5. The average molecular weight is 417 g/mol. The highest BCUT2D eigenvalue weighted by Crippen LogP contribution is 2.37. The van der Waals surface area contributed by atoms with Crippen LogP contribution in [0.4, 0.5) is 0 Å². The first-order valence-electron chi connectivity index (χ1n) is 11.3. The lowest BCUT2D eigenvalue weighted by molar-refractivity contribution is -0.0459. The first-order chi connectivity index (χ1) is 12.7. The van der Waals surface area contributed by atoms with Crippen molar-refractivity contribution in [2.75, 3.05) is 6.61 Å². The van der Waals surface area contributed by atoms with Gasteiger partial charge < -0.3 is 14.0 Å². The molecular weight excluding hydrogens is 368 g/mol. The number of aliphatic hydroxyl groups excluding tert-OH is 1. The maximum Gasteiger partial charge on any atom is 0.192 e. The van der Waals surface area contributed by atoms with Gasteiger partial charge in [-0.1, -0.05) is 61.5 Å². The van der Waals surface area contributed by atoms with Crippen LogP contribution in [0.1, 0.15) is 68.2 Å². The molecule has 1 N–H and O–H groups in total. The van der Waals surface area contributed by atoms with E-state index in [2.05, 4.69) is 62.0 Å². The van der Waals surface area contributed by atoms with Crippen LogP contribution in [0.5, 0.6) is 0 Å². The van der Waals surface area contributed by atoms with Crippen LogP contribution in [-0.4, -0.2) is 40.6 Å². The van der Waals surface area contributed by atoms with Crippen molar-refractivity contribution < 1.29 is 14.0 Å². The summed E-state index contributed by atoms with van der Waals surface area (Å²) in [5.74, 6) is 0. The van der Waals surface area contributed by atoms with E-state index in [1.54, 1.807) is 0 Å². The summed E-state index contributed by atoms with van der Waals surface area (Å²) in [4.78, 5) is 0. The summed E-state index contributed by atoms with van der Waals surface area (Å²) < 4.78 is 13.4. The zero-order valence-corrected chi connectivity index (χ0v) is 21.6. The predicted molar refractivity (Wildman–Crippen MR) is 124 cm³/mol. The van der Waals surface area contributed by atoms with Gasteiger partial charge in [-0.05, 0) is 49.1 Å². The average Bonchev–Trinajstić information content (AvgIpc) is 2.68. The summed E-state index contributed by atoms with van der Waals surface area (Å²) in [5.41, 5.74) is -0.315. The highest BCUT2D eigenvalue weighted by Gasteiger charge is 2.42. The second kappa shape index (κ2) is 12.6. The van der Waals surface area contributed by atoms with Gasteiger partial charge >= 0.3 is 0 Å².